The van der Waals surface area contributed by atoms with Crippen LogP contribution in [-0.2, 0) is 9.53 Å². The lowest BCUT2D eigenvalue weighted by Crippen LogP contribution is -2.55. The molecule has 3 saturated heterocycles. The van der Waals surface area contributed by atoms with Crippen LogP contribution in [0, 0.1) is 0 Å². The second-order valence-corrected chi connectivity index (χ2v) is 5.88. The van der Waals surface area contributed by atoms with E-state index in [1.54, 1.807) is 0 Å². The van der Waals surface area contributed by atoms with E-state index in [2.05, 4.69) is 10.2 Å². The van der Waals surface area contributed by atoms with E-state index in [9.17, 15) is 4.79 Å². The van der Waals surface area contributed by atoms with Crippen molar-refractivity contribution in [2.45, 2.75) is 37.8 Å². The molecule has 0 aliphatic carbocycles. The summed E-state index contributed by atoms with van der Waals surface area (Å²) >= 11 is 0. The van der Waals surface area contributed by atoms with Crippen LogP contribution >= 0.6 is 24.8 Å². The molecule has 3 aliphatic rings. The van der Waals surface area contributed by atoms with Crippen LogP contribution in [0.3, 0.4) is 0 Å². The molecule has 7 heteroatoms. The largest absolute Gasteiger partial charge is 0.378 e. The molecule has 0 aromatic heterocycles. The highest BCUT2D eigenvalue weighted by molar-refractivity contribution is 5.85. The molecular formula is C14H27Cl2N3O2. The van der Waals surface area contributed by atoms with Crippen LogP contribution in [-0.4, -0.2) is 73.7 Å². The Kier molecular flexibility index (Phi) is 8.27. The van der Waals surface area contributed by atoms with Gasteiger partial charge < -0.3 is 19.9 Å². The number of nitrogens with one attached hydrogen (secondary N) is 1. The molecule has 1 unspecified atom stereocenters. The molecule has 124 valence electrons. The predicted octanol–water partition coefficient (Wildman–Crippen LogP) is 0.905. The first kappa shape index (κ1) is 19.0. The van der Waals surface area contributed by atoms with Crippen LogP contribution in [0.2, 0.25) is 0 Å². The van der Waals surface area contributed by atoms with Gasteiger partial charge in [0, 0.05) is 25.7 Å². The Bertz CT molecular complexity index is 313. The van der Waals surface area contributed by atoms with Gasteiger partial charge in [-0.25, -0.2) is 0 Å². The minimum absolute atomic E-state index is 0. The number of hydrogen-bond acceptors (Lipinski definition) is 4. The first-order chi connectivity index (χ1) is 9.34. The number of rotatable bonds is 2. The quantitative estimate of drug-likeness (QED) is 0.812. The van der Waals surface area contributed by atoms with Gasteiger partial charge in [-0.05, 0) is 38.8 Å². The van der Waals surface area contributed by atoms with Gasteiger partial charge in [0.25, 0.3) is 0 Å². The minimum Gasteiger partial charge on any atom is -0.378 e. The van der Waals surface area contributed by atoms with Crippen molar-refractivity contribution in [3.05, 3.63) is 0 Å². The van der Waals surface area contributed by atoms with Crippen LogP contribution in [0.15, 0.2) is 0 Å². The van der Waals surface area contributed by atoms with Crippen LogP contribution in [0.1, 0.15) is 25.7 Å². The van der Waals surface area contributed by atoms with Gasteiger partial charge in [0.2, 0.25) is 5.91 Å². The fourth-order valence-electron chi connectivity index (χ4n) is 3.50. The molecule has 3 rings (SSSR count). The Balaban J connectivity index is 0.00000110. The molecule has 0 aromatic carbocycles. The highest BCUT2D eigenvalue weighted by Gasteiger charge is 2.31. The van der Waals surface area contributed by atoms with Crippen molar-refractivity contribution in [3.63, 3.8) is 0 Å². The zero-order chi connectivity index (χ0) is 13.1. The molecule has 0 bridgehead atoms. The third-order valence-electron chi connectivity index (χ3n) is 4.65. The maximum atomic E-state index is 12.4. The molecule has 0 aromatic rings. The molecule has 21 heavy (non-hydrogen) atoms. The second-order valence-electron chi connectivity index (χ2n) is 5.88. The summed E-state index contributed by atoms with van der Waals surface area (Å²) in [6.45, 7) is 6.40. The van der Waals surface area contributed by atoms with Crippen molar-refractivity contribution >= 4 is 30.7 Å². The normalized spacial score (nSPS) is 27.8. The van der Waals surface area contributed by atoms with Gasteiger partial charge in [-0.3, -0.25) is 4.79 Å². The summed E-state index contributed by atoms with van der Waals surface area (Å²) in [6.07, 6.45) is 4.98. The van der Waals surface area contributed by atoms with Crippen molar-refractivity contribution in [2.75, 3.05) is 45.9 Å². The van der Waals surface area contributed by atoms with E-state index in [0.717, 1.165) is 39.1 Å². The first-order valence-corrected chi connectivity index (χ1v) is 7.68. The van der Waals surface area contributed by atoms with Gasteiger partial charge in [-0.15, -0.1) is 24.8 Å². The zero-order valence-corrected chi connectivity index (χ0v) is 14.1. The van der Waals surface area contributed by atoms with Crippen molar-refractivity contribution < 1.29 is 9.53 Å². The SMILES string of the molecule is Cl.Cl.O=C(C1COCCN1)N1CCC(N2CCCC2)CC1. The summed E-state index contributed by atoms with van der Waals surface area (Å²) in [5.74, 6) is 0.236. The van der Waals surface area contributed by atoms with E-state index in [4.69, 9.17) is 4.74 Å². The molecule has 3 fully saturated rings. The zero-order valence-electron chi connectivity index (χ0n) is 12.5. The number of amides is 1. The van der Waals surface area contributed by atoms with Crippen LogP contribution < -0.4 is 5.32 Å². The van der Waals surface area contributed by atoms with Crippen LogP contribution in [0.4, 0.5) is 0 Å². The number of halogens is 2. The average molecular weight is 340 g/mol. The third kappa shape index (κ3) is 4.70. The fourth-order valence-corrected chi connectivity index (χ4v) is 3.50. The van der Waals surface area contributed by atoms with E-state index < -0.39 is 0 Å². The Labute approximate surface area is 139 Å². The molecule has 1 N–H and O–H groups in total. The minimum atomic E-state index is -0.114. The molecule has 0 spiro atoms. The van der Waals surface area contributed by atoms with E-state index in [-0.39, 0.29) is 36.8 Å². The molecule has 0 saturated carbocycles. The van der Waals surface area contributed by atoms with Gasteiger partial charge in [-0.1, -0.05) is 0 Å². The average Bonchev–Trinajstić information content (AvgIpc) is 3.02. The molecule has 3 aliphatic heterocycles. The summed E-state index contributed by atoms with van der Waals surface area (Å²) in [7, 11) is 0. The Morgan fingerprint density at radius 2 is 1.71 bits per heavy atom. The highest BCUT2D eigenvalue weighted by atomic mass is 35.5. The second kappa shape index (κ2) is 9.16. The van der Waals surface area contributed by atoms with Crippen molar-refractivity contribution in [1.29, 1.82) is 0 Å². The molecule has 5 nitrogen and oxygen atoms in total. The Morgan fingerprint density at radius 3 is 2.29 bits per heavy atom. The number of piperidine rings is 1. The number of morpholine rings is 1. The molecule has 0 radical (unpaired) electrons. The van der Waals surface area contributed by atoms with E-state index >= 15 is 0 Å². The third-order valence-corrected chi connectivity index (χ3v) is 4.65. The van der Waals surface area contributed by atoms with Crippen molar-refractivity contribution in [3.8, 4) is 0 Å². The highest BCUT2D eigenvalue weighted by Crippen LogP contribution is 2.21. The first-order valence-electron chi connectivity index (χ1n) is 7.68. The van der Waals surface area contributed by atoms with Gasteiger partial charge in [0.1, 0.15) is 6.04 Å². The summed E-state index contributed by atoms with van der Waals surface area (Å²) in [5, 5.41) is 3.26. The lowest BCUT2D eigenvalue weighted by molar-refractivity contribution is -0.137. The number of carbonyl (C=O) groups excluding carboxylic acids is 1. The summed E-state index contributed by atoms with van der Waals surface area (Å²) in [6, 6.07) is 0.596. The molecule has 3 heterocycles. The summed E-state index contributed by atoms with van der Waals surface area (Å²) < 4.78 is 5.38. The number of ether oxygens (including phenoxy) is 1. The Morgan fingerprint density at radius 1 is 1.05 bits per heavy atom. The topological polar surface area (TPSA) is 44.8 Å². The molecule has 1 amide bonds. The van der Waals surface area contributed by atoms with E-state index in [1.165, 1.54) is 25.9 Å². The van der Waals surface area contributed by atoms with E-state index in [1.807, 2.05) is 4.90 Å². The van der Waals surface area contributed by atoms with Crippen LogP contribution in [0.5, 0.6) is 0 Å². The summed E-state index contributed by atoms with van der Waals surface area (Å²) in [4.78, 5) is 17.0. The van der Waals surface area contributed by atoms with Crippen molar-refractivity contribution in [2.24, 2.45) is 0 Å². The van der Waals surface area contributed by atoms with Gasteiger partial charge in [-0.2, -0.15) is 0 Å². The molecule has 1 atom stereocenters. The Hall–Kier alpha value is -0.0700. The van der Waals surface area contributed by atoms with Gasteiger partial charge >= 0.3 is 0 Å². The lowest BCUT2D eigenvalue weighted by atomic mass is 10.0. The van der Waals surface area contributed by atoms with Crippen LogP contribution in [0.25, 0.3) is 0 Å². The smallest absolute Gasteiger partial charge is 0.242 e. The summed E-state index contributed by atoms with van der Waals surface area (Å²) in [5.41, 5.74) is 0. The maximum Gasteiger partial charge on any atom is 0.242 e. The number of carbonyl (C=O) groups is 1. The number of likely N-dealkylation sites (tertiary alicyclic amines) is 2. The van der Waals surface area contributed by atoms with Gasteiger partial charge in [0.05, 0.1) is 13.2 Å². The standard InChI is InChI=1S/C14H25N3O2.2ClH/c18-14(13-11-19-10-5-15-13)17-8-3-12(4-9-17)16-6-1-2-7-16;;/h12-13,15H,1-11H2;2*1H. The fraction of sp³-hybridized carbons (Fsp3) is 0.929. The number of hydrogen-bond donors (Lipinski definition) is 1. The predicted molar refractivity (Wildman–Crippen MR) is 87.5 cm³/mol. The monoisotopic (exact) mass is 339 g/mol. The van der Waals surface area contributed by atoms with Crippen molar-refractivity contribution in [1.82, 2.24) is 15.1 Å². The molecular weight excluding hydrogens is 313 g/mol. The number of nitrogens with zero attached hydrogens (tertiary/aromatic N) is 2. The van der Waals surface area contributed by atoms with Gasteiger partial charge in [0.15, 0.2) is 0 Å². The van der Waals surface area contributed by atoms with E-state index in [0.29, 0.717) is 12.6 Å². The maximum absolute atomic E-state index is 12.4. The lowest BCUT2D eigenvalue weighted by Gasteiger charge is -2.38.